The molecule has 0 unspecified atom stereocenters. The van der Waals surface area contributed by atoms with E-state index in [1.54, 1.807) is 12.4 Å². The average molecular weight is 809 g/mol. The lowest BCUT2D eigenvalue weighted by Gasteiger charge is -2.18. The van der Waals surface area contributed by atoms with E-state index >= 15 is 0 Å². The van der Waals surface area contributed by atoms with Crippen LogP contribution in [0, 0.1) is 0 Å². The molecule has 0 aliphatic heterocycles. The van der Waals surface area contributed by atoms with Crippen LogP contribution in [0.4, 0.5) is 0 Å². The zero-order valence-corrected chi connectivity index (χ0v) is 34.0. The number of allylic oxidation sites excluding steroid dienone is 1. The van der Waals surface area contributed by atoms with Gasteiger partial charge in [-0.1, -0.05) is 84.9 Å². The van der Waals surface area contributed by atoms with Crippen LogP contribution >= 0.6 is 0 Å². The van der Waals surface area contributed by atoms with Crippen LogP contribution in [0.25, 0.3) is 117 Å². The van der Waals surface area contributed by atoms with E-state index in [4.69, 9.17) is 13.8 Å². The first kappa shape index (κ1) is 35.4. The van der Waals surface area contributed by atoms with Gasteiger partial charge in [0.1, 0.15) is 11.2 Å². The second kappa shape index (κ2) is 14.1. The van der Waals surface area contributed by atoms with Gasteiger partial charge in [0.15, 0.2) is 0 Å². The Morgan fingerprint density at radius 2 is 0.984 bits per heavy atom. The monoisotopic (exact) mass is 808 g/mol. The summed E-state index contributed by atoms with van der Waals surface area (Å²) in [4.78, 5) is 14.4. The highest BCUT2D eigenvalue weighted by atomic mass is 16.3. The standard InChI is InChI=1S/C57H36N4O2/c1-2-15-44(16-3-1)61-51-23-19-40(36-10-5-12-38(30-36)42-21-26-54-48(33-42)46-18-8-28-59-57(46)63-54)34-49(51)55-52(61)24-22-50(60-55)43-14-6-13-39(31-43)35-9-4-11-37(29-35)41-20-25-53-47(32-41)45-17-7-27-58-56(45)62-53/h1-18,20-22,24-34H,19,23H2. The van der Waals surface area contributed by atoms with Crippen molar-refractivity contribution in [2.75, 3.05) is 0 Å². The minimum absolute atomic E-state index is 0.661. The second-order valence-electron chi connectivity index (χ2n) is 16.3. The van der Waals surface area contributed by atoms with Gasteiger partial charge in [0.25, 0.3) is 0 Å². The molecule has 6 aromatic carbocycles. The van der Waals surface area contributed by atoms with Gasteiger partial charge in [-0.2, -0.15) is 0 Å². The van der Waals surface area contributed by atoms with Crippen molar-refractivity contribution in [3.05, 3.63) is 205 Å². The summed E-state index contributed by atoms with van der Waals surface area (Å²) in [5.41, 5.74) is 20.2. The third kappa shape index (κ3) is 5.91. The number of rotatable bonds is 6. The van der Waals surface area contributed by atoms with E-state index in [0.29, 0.717) is 11.4 Å². The van der Waals surface area contributed by atoms with Crippen LogP contribution in [0.3, 0.4) is 0 Å². The molecular weight excluding hydrogens is 773 g/mol. The molecule has 0 N–H and O–H groups in total. The number of furan rings is 2. The Balaban J connectivity index is 0.883. The zero-order chi connectivity index (χ0) is 41.4. The molecule has 0 amide bonds. The number of para-hydroxylation sites is 1. The van der Waals surface area contributed by atoms with E-state index in [1.165, 1.54) is 28.0 Å². The van der Waals surface area contributed by atoms with Gasteiger partial charge in [-0.25, -0.2) is 15.0 Å². The third-order valence-electron chi connectivity index (χ3n) is 12.7. The summed E-state index contributed by atoms with van der Waals surface area (Å²) in [6.45, 7) is 0. The maximum absolute atomic E-state index is 6.03. The highest BCUT2D eigenvalue weighted by Crippen LogP contribution is 2.41. The van der Waals surface area contributed by atoms with E-state index in [9.17, 15) is 0 Å². The highest BCUT2D eigenvalue weighted by molar-refractivity contribution is 6.06. The van der Waals surface area contributed by atoms with Crippen LogP contribution in [-0.2, 0) is 6.42 Å². The molecule has 1 aliphatic carbocycles. The number of aromatic nitrogens is 4. The molecule has 0 spiro atoms. The number of fused-ring (bicyclic) bond motifs is 9. The second-order valence-corrected chi connectivity index (χ2v) is 16.3. The van der Waals surface area contributed by atoms with Crippen LogP contribution in [-0.4, -0.2) is 19.5 Å². The SMILES string of the molecule is C1=C(c2cccc(-c3ccc4oc5ncccc5c4c3)c2)CCc2c1c1nc(-c3cccc(-c4cccc(-c5ccc6oc7ncccc7c6c5)c4)c3)ccc1n2-c1ccccc1. The molecule has 6 heteroatoms. The van der Waals surface area contributed by atoms with Crippen molar-refractivity contribution in [2.45, 2.75) is 12.8 Å². The minimum Gasteiger partial charge on any atom is -0.438 e. The van der Waals surface area contributed by atoms with Crippen molar-refractivity contribution in [2.24, 2.45) is 0 Å². The topological polar surface area (TPSA) is 69.9 Å². The Morgan fingerprint density at radius 3 is 1.62 bits per heavy atom. The van der Waals surface area contributed by atoms with Gasteiger partial charge in [0.05, 0.1) is 16.7 Å². The molecule has 13 rings (SSSR count). The first-order chi connectivity index (χ1) is 31.2. The molecule has 0 fully saturated rings. The van der Waals surface area contributed by atoms with E-state index in [2.05, 4.69) is 178 Å². The fourth-order valence-corrected chi connectivity index (χ4v) is 9.61. The fourth-order valence-electron chi connectivity index (χ4n) is 9.61. The van der Waals surface area contributed by atoms with E-state index < -0.39 is 0 Å². The largest absolute Gasteiger partial charge is 0.438 e. The molecule has 296 valence electrons. The molecule has 0 atom stereocenters. The van der Waals surface area contributed by atoms with Crippen molar-refractivity contribution in [3.8, 4) is 50.3 Å². The number of benzene rings is 6. The Morgan fingerprint density at radius 1 is 0.429 bits per heavy atom. The number of nitrogens with zero attached hydrogens (tertiary/aromatic N) is 4. The van der Waals surface area contributed by atoms with Crippen molar-refractivity contribution in [3.63, 3.8) is 0 Å². The summed E-state index contributed by atoms with van der Waals surface area (Å²) >= 11 is 0. The predicted molar refractivity (Wildman–Crippen MR) is 256 cm³/mol. The number of hydrogen-bond donors (Lipinski definition) is 0. The first-order valence-electron chi connectivity index (χ1n) is 21.4. The highest BCUT2D eigenvalue weighted by Gasteiger charge is 2.24. The summed E-state index contributed by atoms with van der Waals surface area (Å²) in [6, 6.07) is 62.4. The van der Waals surface area contributed by atoms with Gasteiger partial charge in [-0.15, -0.1) is 0 Å². The van der Waals surface area contributed by atoms with Gasteiger partial charge in [0, 0.05) is 56.4 Å². The van der Waals surface area contributed by atoms with Gasteiger partial charge >= 0.3 is 0 Å². The lowest BCUT2D eigenvalue weighted by atomic mass is 9.90. The molecule has 0 radical (unpaired) electrons. The summed E-state index contributed by atoms with van der Waals surface area (Å²) in [6.07, 6.45) is 7.75. The molecular formula is C57H36N4O2. The van der Waals surface area contributed by atoms with Crippen molar-refractivity contribution < 1.29 is 8.83 Å². The van der Waals surface area contributed by atoms with Crippen molar-refractivity contribution >= 4 is 66.8 Å². The fraction of sp³-hybridized carbons (Fsp3) is 0.0351. The summed E-state index contributed by atoms with van der Waals surface area (Å²) < 4.78 is 14.5. The summed E-state index contributed by atoms with van der Waals surface area (Å²) in [5, 5.41) is 4.20. The van der Waals surface area contributed by atoms with Crippen LogP contribution in [0.5, 0.6) is 0 Å². The summed E-state index contributed by atoms with van der Waals surface area (Å²) in [5.74, 6) is 0. The maximum atomic E-state index is 6.03. The van der Waals surface area contributed by atoms with Gasteiger partial charge < -0.3 is 13.4 Å². The molecule has 1 aliphatic rings. The normalized spacial score (nSPS) is 12.7. The van der Waals surface area contributed by atoms with E-state index in [-0.39, 0.29) is 0 Å². The van der Waals surface area contributed by atoms with Crippen molar-refractivity contribution in [1.29, 1.82) is 0 Å². The van der Waals surface area contributed by atoms with Gasteiger partial charge in [-0.05, 0) is 154 Å². The number of hydrogen-bond acceptors (Lipinski definition) is 5. The quantitative estimate of drug-likeness (QED) is 0.167. The Bertz CT molecular complexity index is 3810. The number of pyridine rings is 3. The smallest absolute Gasteiger partial charge is 0.227 e. The van der Waals surface area contributed by atoms with Gasteiger partial charge in [0.2, 0.25) is 11.4 Å². The molecule has 6 heterocycles. The Hall–Kier alpha value is -8.35. The molecule has 0 saturated heterocycles. The summed E-state index contributed by atoms with van der Waals surface area (Å²) in [7, 11) is 0. The molecule has 12 aromatic rings. The maximum Gasteiger partial charge on any atom is 0.227 e. The molecule has 0 bridgehead atoms. The van der Waals surface area contributed by atoms with Gasteiger partial charge in [-0.3, -0.25) is 0 Å². The lowest BCUT2D eigenvalue weighted by molar-refractivity contribution is 0.653. The van der Waals surface area contributed by atoms with Crippen LogP contribution < -0.4 is 0 Å². The average Bonchev–Trinajstić information content (AvgIpc) is 4.03. The Labute approximate surface area is 362 Å². The first-order valence-corrected chi connectivity index (χ1v) is 21.4. The predicted octanol–water partition coefficient (Wildman–Crippen LogP) is 14.8. The lowest BCUT2D eigenvalue weighted by Crippen LogP contribution is -2.05. The third-order valence-corrected chi connectivity index (χ3v) is 12.7. The van der Waals surface area contributed by atoms with Crippen LogP contribution in [0.2, 0.25) is 0 Å². The zero-order valence-electron chi connectivity index (χ0n) is 34.0. The molecule has 63 heavy (non-hydrogen) atoms. The van der Waals surface area contributed by atoms with E-state index in [0.717, 1.165) is 101 Å². The van der Waals surface area contributed by atoms with E-state index in [1.807, 2.05) is 18.2 Å². The molecule has 0 saturated carbocycles. The molecule has 6 aromatic heterocycles. The molecule has 6 nitrogen and oxygen atoms in total. The minimum atomic E-state index is 0.661. The van der Waals surface area contributed by atoms with Crippen LogP contribution in [0.1, 0.15) is 23.2 Å². The van der Waals surface area contributed by atoms with Crippen LogP contribution in [0.15, 0.2) is 197 Å². The van der Waals surface area contributed by atoms with Crippen molar-refractivity contribution in [1.82, 2.24) is 19.5 Å². The Kier molecular flexibility index (Phi) is 7.93.